The molecule has 2 saturated heterocycles. The standard InChI is InChI=1S/C27H39N3O6.C10H14N5O5P.C9H14N3O5P/c1-9-30(10-2)19-12-11-18-13-20(25(33)35-22(18)14-19)24(32)28-15-21(23(31)17(5)16(3)4)29-26(34)36-27(6,7)8;11-9-8-10(13-4-12-9)15(5-14-8)7-2-1-6(20-7)3-19-21(16,17)18;10-7-3-4-12(9(13)11-7)8-2-1-6(17-8)5-16-18(14)15/h11-14,16-17,21H,9-10,15H2,1-8H3,(H,28,32)(H,29,34);4-7H,1-3H2,(H2,11,12,13)(H2,16,17,18);3-4,6,8,14-15H,1-2,5H2,(H2,10,11,13). The van der Waals surface area contributed by atoms with Gasteiger partial charge in [0.1, 0.15) is 52.9 Å². The molecule has 0 aliphatic carbocycles. The third kappa shape index (κ3) is 17.5. The summed E-state index contributed by atoms with van der Waals surface area (Å²) in [4.78, 5) is 115. The highest BCUT2D eigenvalue weighted by atomic mass is 31.2. The maximum atomic E-state index is 13.0. The SMILES string of the molecule is CCN(CC)c1ccc2cc(C(=O)NCC(NC(=O)OC(C)(C)C)C(=O)C(C)C(C)C)c(=O)oc2c1.Nc1ccn(C2CCC(COP(O)O)O2)c(=O)n1.Nc1ncnc2c1ncn2C1CCC(COP(=O)(O)O)O1. The van der Waals surface area contributed by atoms with Gasteiger partial charge in [-0.2, -0.15) is 4.98 Å². The van der Waals surface area contributed by atoms with Crippen LogP contribution < -0.4 is 38.3 Å². The molecule has 7 rings (SSSR count). The molecule has 1 aromatic carbocycles. The number of carbonyl (C=O) groups is 3. The Morgan fingerprint density at radius 3 is 2.19 bits per heavy atom. The molecule has 5 aromatic rings. The molecule has 6 heterocycles. The average Bonchev–Trinajstić information content (AvgIpc) is 4.12. The van der Waals surface area contributed by atoms with Gasteiger partial charge in [0, 0.05) is 48.9 Å². The van der Waals surface area contributed by atoms with Crippen molar-refractivity contribution in [3.63, 3.8) is 0 Å². The van der Waals surface area contributed by atoms with Crippen molar-refractivity contribution in [2.75, 3.05) is 49.2 Å². The van der Waals surface area contributed by atoms with E-state index in [1.807, 2.05) is 33.8 Å². The number of fused-ring (bicyclic) bond motifs is 2. The molecule has 0 saturated carbocycles. The monoisotopic (exact) mass is 1090 g/mol. The van der Waals surface area contributed by atoms with Crippen LogP contribution in [0.5, 0.6) is 0 Å². The van der Waals surface area contributed by atoms with E-state index in [0.717, 1.165) is 18.8 Å². The summed E-state index contributed by atoms with van der Waals surface area (Å²) in [7, 11) is -6.85. The van der Waals surface area contributed by atoms with Crippen LogP contribution in [0.25, 0.3) is 22.1 Å². The largest absolute Gasteiger partial charge is 0.469 e. The van der Waals surface area contributed by atoms with Crippen molar-refractivity contribution in [3.05, 3.63) is 75.7 Å². The summed E-state index contributed by atoms with van der Waals surface area (Å²) in [5.74, 6) is -0.818. The van der Waals surface area contributed by atoms with Crippen LogP contribution in [0.3, 0.4) is 0 Å². The number of phosphoric acid groups is 1. The Hall–Kier alpha value is -5.99. The van der Waals surface area contributed by atoms with E-state index in [0.29, 0.717) is 47.8 Å². The van der Waals surface area contributed by atoms with Crippen molar-refractivity contribution >= 4 is 73.7 Å². The molecule has 412 valence electrons. The Labute approximate surface area is 432 Å². The molecule has 0 spiro atoms. The lowest BCUT2D eigenvalue weighted by molar-refractivity contribution is -0.125. The Kier molecular flexibility index (Phi) is 21.3. The molecule has 4 aromatic heterocycles. The highest BCUT2D eigenvalue weighted by Crippen LogP contribution is 2.39. The first kappa shape index (κ1) is 59.9. The molecule has 0 radical (unpaired) electrons. The van der Waals surface area contributed by atoms with Crippen LogP contribution >= 0.6 is 16.4 Å². The zero-order valence-electron chi connectivity index (χ0n) is 42.9. The number of alkyl carbamates (subject to hydrolysis) is 1. The van der Waals surface area contributed by atoms with E-state index >= 15 is 0 Å². The summed E-state index contributed by atoms with van der Waals surface area (Å²) >= 11 is 0. The lowest BCUT2D eigenvalue weighted by Crippen LogP contribution is -2.52. The zero-order chi connectivity index (χ0) is 55.4. The lowest BCUT2D eigenvalue weighted by Gasteiger charge is -2.26. The van der Waals surface area contributed by atoms with E-state index < -0.39 is 57.6 Å². The minimum Gasteiger partial charge on any atom is -0.444 e. The number of amides is 2. The molecular formula is C46H67N11O16P2. The van der Waals surface area contributed by atoms with Crippen molar-refractivity contribution in [2.45, 2.75) is 117 Å². The van der Waals surface area contributed by atoms with E-state index in [1.54, 1.807) is 50.7 Å². The highest BCUT2D eigenvalue weighted by molar-refractivity contribution is 7.46. The van der Waals surface area contributed by atoms with E-state index in [9.17, 15) is 28.5 Å². The van der Waals surface area contributed by atoms with Gasteiger partial charge < -0.3 is 69.7 Å². The van der Waals surface area contributed by atoms with E-state index in [2.05, 4.69) is 44.5 Å². The van der Waals surface area contributed by atoms with Crippen molar-refractivity contribution < 1.29 is 66.2 Å². The third-order valence-corrected chi connectivity index (χ3v) is 12.7. The number of rotatable bonds is 18. The van der Waals surface area contributed by atoms with Gasteiger partial charge in [0.15, 0.2) is 17.2 Å². The summed E-state index contributed by atoms with van der Waals surface area (Å²) in [6, 6.07) is 7.45. The number of hydrogen-bond donors (Lipinski definition) is 8. The number of benzene rings is 1. The molecule has 6 unspecified atom stereocenters. The van der Waals surface area contributed by atoms with Crippen molar-refractivity contribution in [3.8, 4) is 0 Å². The van der Waals surface area contributed by atoms with Crippen molar-refractivity contribution in [1.82, 2.24) is 39.7 Å². The highest BCUT2D eigenvalue weighted by Gasteiger charge is 2.32. The number of phosphoric ester groups is 1. The molecule has 2 amide bonds. The fourth-order valence-electron chi connectivity index (χ4n) is 7.74. The molecule has 2 aliphatic rings. The van der Waals surface area contributed by atoms with Crippen LogP contribution in [0.1, 0.15) is 104 Å². The second-order valence-electron chi connectivity index (χ2n) is 18.7. The number of nitrogens with two attached hydrogens (primary N) is 2. The number of nitrogens with one attached hydrogen (secondary N) is 2. The Morgan fingerprint density at radius 1 is 0.933 bits per heavy atom. The number of aromatic nitrogens is 6. The normalized spacial score (nSPS) is 18.5. The Morgan fingerprint density at radius 2 is 1.59 bits per heavy atom. The smallest absolute Gasteiger partial charge is 0.444 e. The zero-order valence-corrected chi connectivity index (χ0v) is 44.7. The van der Waals surface area contributed by atoms with Gasteiger partial charge in [0.2, 0.25) is 0 Å². The molecule has 2 aliphatic heterocycles. The third-order valence-electron chi connectivity index (χ3n) is 11.9. The molecule has 0 bridgehead atoms. The molecule has 2 fully saturated rings. The van der Waals surface area contributed by atoms with Gasteiger partial charge in [0.25, 0.3) is 5.91 Å². The fraction of sp³-hybridized carbons (Fsp3) is 0.543. The second kappa shape index (κ2) is 26.7. The van der Waals surface area contributed by atoms with Crippen LogP contribution in [0.2, 0.25) is 0 Å². The maximum absolute atomic E-state index is 13.0. The maximum Gasteiger partial charge on any atom is 0.469 e. The second-order valence-corrected chi connectivity index (χ2v) is 20.7. The van der Waals surface area contributed by atoms with Crippen LogP contribution in [0.15, 0.2) is 63.2 Å². The Balaban J connectivity index is 0.000000225. The number of hydrogen-bond acceptors (Lipinski definition) is 21. The van der Waals surface area contributed by atoms with Gasteiger partial charge in [0.05, 0.1) is 31.7 Å². The number of ketones is 1. The molecule has 75 heavy (non-hydrogen) atoms. The number of carbonyl (C=O) groups excluding carboxylic acids is 3. The van der Waals surface area contributed by atoms with Gasteiger partial charge in [-0.05, 0) is 90.5 Å². The van der Waals surface area contributed by atoms with Crippen molar-refractivity contribution in [1.29, 1.82) is 0 Å². The van der Waals surface area contributed by atoms with Crippen LogP contribution in [0.4, 0.5) is 22.1 Å². The first-order valence-electron chi connectivity index (χ1n) is 24.0. The van der Waals surface area contributed by atoms with E-state index in [-0.39, 0.29) is 73.0 Å². The number of imidazole rings is 1. The quantitative estimate of drug-likeness (QED) is 0.0453. The van der Waals surface area contributed by atoms with Gasteiger partial charge in [-0.3, -0.25) is 23.2 Å². The van der Waals surface area contributed by atoms with Crippen molar-refractivity contribution in [2.24, 2.45) is 11.8 Å². The minimum absolute atomic E-state index is 0.0323. The number of Topliss-reactive ketones (excluding diaryl/α,β-unsaturated/α-hetero) is 1. The summed E-state index contributed by atoms with van der Waals surface area (Å²) in [6.07, 6.45) is 4.87. The van der Waals surface area contributed by atoms with Crippen LogP contribution in [-0.4, -0.2) is 123 Å². The molecule has 29 heteroatoms. The molecular weight excluding hydrogens is 1020 g/mol. The lowest BCUT2D eigenvalue weighted by atomic mass is 9.89. The Bertz CT molecular complexity index is 2900. The topological polar surface area (TPSA) is 383 Å². The fourth-order valence-corrected chi connectivity index (χ4v) is 8.40. The van der Waals surface area contributed by atoms with Crippen LogP contribution in [0, 0.1) is 11.8 Å². The predicted octanol–water partition coefficient (Wildman–Crippen LogP) is 4.05. The van der Waals surface area contributed by atoms with Gasteiger partial charge >= 0.3 is 33.8 Å². The van der Waals surface area contributed by atoms with Gasteiger partial charge in [-0.15, -0.1) is 0 Å². The number of ether oxygens (including phenoxy) is 3. The number of nitrogen functional groups attached to an aromatic ring is 2. The molecule has 27 nitrogen and oxygen atoms in total. The summed E-state index contributed by atoms with van der Waals surface area (Å²) in [5.41, 5.74) is 11.3. The summed E-state index contributed by atoms with van der Waals surface area (Å²) in [6.45, 7) is 16.1. The summed E-state index contributed by atoms with van der Waals surface area (Å²) < 4.78 is 44.9. The van der Waals surface area contributed by atoms with Crippen LogP contribution in [-0.2, 0) is 32.6 Å². The molecule has 6 atom stereocenters. The first-order chi connectivity index (χ1) is 35.3. The minimum atomic E-state index is -4.48. The average molecular weight is 1090 g/mol. The van der Waals surface area contributed by atoms with E-state index in [1.165, 1.54) is 29.2 Å². The van der Waals surface area contributed by atoms with E-state index in [4.69, 9.17) is 49.7 Å². The number of anilines is 3. The number of nitrogens with zero attached hydrogens (tertiary/aromatic N) is 7. The van der Waals surface area contributed by atoms with Gasteiger partial charge in [-0.1, -0.05) is 20.8 Å². The molecule has 10 N–H and O–H groups in total. The first-order valence-corrected chi connectivity index (χ1v) is 26.7. The summed E-state index contributed by atoms with van der Waals surface area (Å²) in [5, 5.41) is 5.75. The van der Waals surface area contributed by atoms with Gasteiger partial charge in [-0.25, -0.2) is 33.9 Å². The predicted molar refractivity (Wildman–Crippen MR) is 275 cm³/mol.